The summed E-state index contributed by atoms with van der Waals surface area (Å²) in [6.07, 6.45) is 46.3. The molecule has 0 radical (unpaired) electrons. The zero-order chi connectivity index (χ0) is 39.4. The van der Waals surface area contributed by atoms with Crippen LogP contribution in [0.2, 0.25) is 0 Å². The van der Waals surface area contributed by atoms with E-state index >= 15 is 0 Å². The molecule has 0 bridgehead atoms. The van der Waals surface area contributed by atoms with Gasteiger partial charge in [-0.2, -0.15) is 0 Å². The van der Waals surface area contributed by atoms with Gasteiger partial charge in [-0.3, -0.25) is 14.4 Å². The van der Waals surface area contributed by atoms with E-state index in [0.717, 1.165) is 57.8 Å². The van der Waals surface area contributed by atoms with Crippen LogP contribution in [0.25, 0.3) is 0 Å². The SMILES string of the molecule is CCCCCC/C=C\CCCC(=O)OCC(COC(=O)CCCCCCCCCCCCCCCC)OC(=O)CCCCCCCCCCCCCCC. The quantitative estimate of drug-likeness (QED) is 0.0266. The molecule has 0 amide bonds. The Morgan fingerprint density at radius 3 is 1.00 bits per heavy atom. The molecule has 6 heteroatoms. The van der Waals surface area contributed by atoms with Gasteiger partial charge in [0, 0.05) is 19.3 Å². The summed E-state index contributed by atoms with van der Waals surface area (Å²) in [5.41, 5.74) is 0. The summed E-state index contributed by atoms with van der Waals surface area (Å²) in [7, 11) is 0. The van der Waals surface area contributed by atoms with E-state index in [-0.39, 0.29) is 31.1 Å². The number of rotatable bonds is 43. The van der Waals surface area contributed by atoms with Crippen molar-refractivity contribution in [3.8, 4) is 0 Å². The maximum absolute atomic E-state index is 12.7. The molecule has 1 atom stereocenters. The number of unbranched alkanes of at least 4 members (excludes halogenated alkanes) is 30. The normalized spacial score (nSPS) is 12.0. The Balaban J connectivity index is 4.32. The molecule has 1 unspecified atom stereocenters. The second-order valence-electron chi connectivity index (χ2n) is 16.0. The topological polar surface area (TPSA) is 78.9 Å². The minimum absolute atomic E-state index is 0.0736. The summed E-state index contributed by atoms with van der Waals surface area (Å²) in [4.78, 5) is 37.7. The summed E-state index contributed by atoms with van der Waals surface area (Å²) in [5, 5.41) is 0. The molecule has 0 aromatic rings. The number of allylic oxidation sites excluding steroid dienone is 2. The minimum Gasteiger partial charge on any atom is -0.462 e. The Labute approximate surface area is 335 Å². The van der Waals surface area contributed by atoms with Crippen LogP contribution >= 0.6 is 0 Å². The first-order valence-electron chi connectivity index (χ1n) is 23.7. The fraction of sp³-hybridized carbons (Fsp3) is 0.896. The number of carbonyl (C=O) groups excluding carboxylic acids is 3. The molecule has 0 saturated carbocycles. The third-order valence-electron chi connectivity index (χ3n) is 10.5. The van der Waals surface area contributed by atoms with E-state index in [4.69, 9.17) is 14.2 Å². The molecule has 0 aromatic carbocycles. The molecule has 0 aliphatic heterocycles. The highest BCUT2D eigenvalue weighted by molar-refractivity contribution is 5.71. The highest BCUT2D eigenvalue weighted by Gasteiger charge is 2.19. The molecular weight excluding hydrogens is 673 g/mol. The van der Waals surface area contributed by atoms with E-state index in [0.29, 0.717) is 19.3 Å². The Bertz CT molecular complexity index is 839. The summed E-state index contributed by atoms with van der Waals surface area (Å²) >= 11 is 0. The molecule has 0 fully saturated rings. The maximum atomic E-state index is 12.7. The van der Waals surface area contributed by atoms with E-state index in [1.54, 1.807) is 0 Å². The summed E-state index contributed by atoms with van der Waals surface area (Å²) < 4.78 is 16.7. The van der Waals surface area contributed by atoms with E-state index in [2.05, 4.69) is 32.9 Å². The van der Waals surface area contributed by atoms with Crippen molar-refractivity contribution in [3.63, 3.8) is 0 Å². The zero-order valence-corrected chi connectivity index (χ0v) is 36.3. The zero-order valence-electron chi connectivity index (χ0n) is 36.3. The van der Waals surface area contributed by atoms with Crippen molar-refractivity contribution in [3.05, 3.63) is 12.2 Å². The lowest BCUT2D eigenvalue weighted by molar-refractivity contribution is -0.167. The second-order valence-corrected chi connectivity index (χ2v) is 16.0. The van der Waals surface area contributed by atoms with Gasteiger partial charge in [-0.25, -0.2) is 0 Å². The number of hydrogen-bond acceptors (Lipinski definition) is 6. The van der Waals surface area contributed by atoms with Crippen LogP contribution in [0.1, 0.15) is 258 Å². The number of carbonyl (C=O) groups is 3. The van der Waals surface area contributed by atoms with Crippen LogP contribution in [0.5, 0.6) is 0 Å². The monoisotopic (exact) mass is 763 g/mol. The number of ether oxygens (including phenoxy) is 3. The third kappa shape index (κ3) is 41.3. The van der Waals surface area contributed by atoms with Crippen LogP contribution in [0.4, 0.5) is 0 Å². The molecule has 0 saturated heterocycles. The summed E-state index contributed by atoms with van der Waals surface area (Å²) in [6, 6.07) is 0. The van der Waals surface area contributed by atoms with Gasteiger partial charge in [0.1, 0.15) is 13.2 Å². The standard InChI is InChI=1S/C48H90O6/c1-4-7-10-13-16-19-21-23-25-26-29-32-35-38-41-47(50)53-44-45(43-52-46(49)40-37-34-31-28-18-15-12-9-6-3)54-48(51)42-39-36-33-30-27-24-22-20-17-14-11-8-5-2/h28,31,45H,4-27,29-30,32-44H2,1-3H3/b31-28-. The number of hydrogen-bond donors (Lipinski definition) is 0. The average molecular weight is 763 g/mol. The summed E-state index contributed by atoms with van der Waals surface area (Å²) in [5.74, 6) is -0.900. The van der Waals surface area contributed by atoms with Gasteiger partial charge >= 0.3 is 17.9 Å². The first kappa shape index (κ1) is 52.2. The minimum atomic E-state index is -0.772. The first-order valence-corrected chi connectivity index (χ1v) is 23.7. The molecule has 0 aromatic heterocycles. The van der Waals surface area contributed by atoms with Crippen molar-refractivity contribution in [2.24, 2.45) is 0 Å². The van der Waals surface area contributed by atoms with Gasteiger partial charge in [0.2, 0.25) is 0 Å². The Hall–Kier alpha value is -1.85. The first-order chi connectivity index (χ1) is 26.5. The molecule has 0 heterocycles. The number of esters is 3. The van der Waals surface area contributed by atoms with E-state index in [9.17, 15) is 14.4 Å². The van der Waals surface area contributed by atoms with Crippen molar-refractivity contribution < 1.29 is 28.6 Å². The van der Waals surface area contributed by atoms with Crippen molar-refractivity contribution >= 4 is 17.9 Å². The van der Waals surface area contributed by atoms with E-state index in [1.807, 2.05) is 0 Å². The molecule has 6 nitrogen and oxygen atoms in total. The van der Waals surface area contributed by atoms with Crippen molar-refractivity contribution in [1.29, 1.82) is 0 Å². The highest BCUT2D eigenvalue weighted by Crippen LogP contribution is 2.16. The van der Waals surface area contributed by atoms with Crippen LogP contribution < -0.4 is 0 Å². The Morgan fingerprint density at radius 1 is 0.352 bits per heavy atom. The lowest BCUT2D eigenvalue weighted by Crippen LogP contribution is -2.30. The maximum Gasteiger partial charge on any atom is 0.306 e. The molecule has 54 heavy (non-hydrogen) atoms. The predicted octanol–water partition coefficient (Wildman–Crippen LogP) is 15.0. The molecular formula is C48H90O6. The van der Waals surface area contributed by atoms with Crippen molar-refractivity contribution in [1.82, 2.24) is 0 Å². The largest absolute Gasteiger partial charge is 0.462 e. The fourth-order valence-corrected chi connectivity index (χ4v) is 6.92. The van der Waals surface area contributed by atoms with Crippen LogP contribution in [-0.2, 0) is 28.6 Å². The molecule has 318 valence electrons. The van der Waals surface area contributed by atoms with Crippen molar-refractivity contribution in [2.75, 3.05) is 13.2 Å². The van der Waals surface area contributed by atoms with Gasteiger partial charge in [-0.1, -0.05) is 213 Å². The van der Waals surface area contributed by atoms with Gasteiger partial charge < -0.3 is 14.2 Å². The Kier molecular flexibility index (Phi) is 42.4. The lowest BCUT2D eigenvalue weighted by atomic mass is 10.0. The van der Waals surface area contributed by atoms with Gasteiger partial charge in [-0.05, 0) is 38.5 Å². The van der Waals surface area contributed by atoms with E-state index in [1.165, 1.54) is 161 Å². The fourth-order valence-electron chi connectivity index (χ4n) is 6.92. The molecule has 0 aliphatic carbocycles. The van der Waals surface area contributed by atoms with Crippen LogP contribution in [-0.4, -0.2) is 37.2 Å². The highest BCUT2D eigenvalue weighted by atomic mass is 16.6. The molecule has 0 N–H and O–H groups in total. The molecule has 0 aliphatic rings. The van der Waals surface area contributed by atoms with Crippen LogP contribution in [0.15, 0.2) is 12.2 Å². The Morgan fingerprint density at radius 2 is 0.630 bits per heavy atom. The second kappa shape index (κ2) is 43.9. The van der Waals surface area contributed by atoms with E-state index < -0.39 is 6.10 Å². The van der Waals surface area contributed by atoms with Crippen LogP contribution in [0, 0.1) is 0 Å². The molecule has 0 rings (SSSR count). The predicted molar refractivity (Wildman–Crippen MR) is 229 cm³/mol. The van der Waals surface area contributed by atoms with Crippen LogP contribution in [0.3, 0.4) is 0 Å². The molecule has 0 spiro atoms. The van der Waals surface area contributed by atoms with Gasteiger partial charge in [0.25, 0.3) is 0 Å². The van der Waals surface area contributed by atoms with Crippen molar-refractivity contribution in [2.45, 2.75) is 264 Å². The smallest absolute Gasteiger partial charge is 0.306 e. The lowest BCUT2D eigenvalue weighted by Gasteiger charge is -2.18. The van der Waals surface area contributed by atoms with Gasteiger partial charge in [-0.15, -0.1) is 0 Å². The van der Waals surface area contributed by atoms with Gasteiger partial charge in [0.05, 0.1) is 0 Å². The third-order valence-corrected chi connectivity index (χ3v) is 10.5. The van der Waals surface area contributed by atoms with Gasteiger partial charge in [0.15, 0.2) is 6.10 Å². The summed E-state index contributed by atoms with van der Waals surface area (Å²) in [6.45, 7) is 6.59. The average Bonchev–Trinajstić information content (AvgIpc) is 3.17.